The maximum Gasteiger partial charge on any atom is 0.173 e. The van der Waals surface area contributed by atoms with Gasteiger partial charge < -0.3 is 19.5 Å². The summed E-state index contributed by atoms with van der Waals surface area (Å²) in [4.78, 5) is 3.97. The van der Waals surface area contributed by atoms with E-state index in [1.165, 1.54) is 44.5 Å². The number of benzene rings is 1. The number of quaternary nitrogens is 1. The van der Waals surface area contributed by atoms with Gasteiger partial charge in [-0.2, -0.15) is 0 Å². The molecule has 2 heterocycles. The van der Waals surface area contributed by atoms with Crippen LogP contribution in [0.15, 0.2) is 47.1 Å². The van der Waals surface area contributed by atoms with Gasteiger partial charge in [-0.25, -0.2) is 0 Å². The summed E-state index contributed by atoms with van der Waals surface area (Å²) in [5.41, 5.74) is 2.27. The summed E-state index contributed by atoms with van der Waals surface area (Å²) >= 11 is 5.73. The van der Waals surface area contributed by atoms with Gasteiger partial charge in [0.1, 0.15) is 5.76 Å². The summed E-state index contributed by atoms with van der Waals surface area (Å²) in [6.07, 6.45) is 7.02. The van der Waals surface area contributed by atoms with Gasteiger partial charge >= 0.3 is 0 Å². The summed E-state index contributed by atoms with van der Waals surface area (Å²) in [6.45, 7) is 7.62. The summed E-state index contributed by atoms with van der Waals surface area (Å²) < 4.78 is 5.55. The van der Waals surface area contributed by atoms with Crippen molar-refractivity contribution in [1.82, 2.24) is 4.90 Å². The molecule has 3 rings (SSSR count). The van der Waals surface area contributed by atoms with E-state index in [2.05, 4.69) is 29.3 Å². The highest BCUT2D eigenvalue weighted by Gasteiger charge is 2.16. The molecule has 0 amide bonds. The van der Waals surface area contributed by atoms with E-state index in [0.29, 0.717) is 6.54 Å². The monoisotopic (exact) mass is 372 g/mol. The molecular weight excluding hydrogens is 342 g/mol. The minimum absolute atomic E-state index is 0.708. The van der Waals surface area contributed by atoms with Crippen molar-refractivity contribution in [3.8, 4) is 0 Å². The number of aryl methyl sites for hydroxylation is 1. The number of likely N-dealkylation sites (tertiary alicyclic amines) is 1. The van der Waals surface area contributed by atoms with E-state index in [-0.39, 0.29) is 0 Å². The minimum Gasteiger partial charge on any atom is -0.467 e. The fraction of sp³-hybridized carbons (Fsp3) is 0.476. The Kier molecular flexibility index (Phi) is 7.09. The zero-order valence-electron chi connectivity index (χ0n) is 15.7. The number of hydrogen-bond donors (Lipinski definition) is 2. The van der Waals surface area contributed by atoms with Crippen molar-refractivity contribution in [2.45, 2.75) is 39.2 Å². The van der Waals surface area contributed by atoms with Crippen LogP contribution in [0.3, 0.4) is 0 Å². The van der Waals surface area contributed by atoms with Crippen LogP contribution in [0.1, 0.15) is 37.0 Å². The Morgan fingerprint density at radius 1 is 1.15 bits per heavy atom. The predicted octanol–water partition coefficient (Wildman–Crippen LogP) is 3.25. The Bertz CT molecular complexity index is 680. The predicted molar refractivity (Wildman–Crippen MR) is 111 cm³/mol. The molecule has 2 aromatic rings. The van der Waals surface area contributed by atoms with Gasteiger partial charge in [0, 0.05) is 18.7 Å². The lowest BCUT2D eigenvalue weighted by Crippen LogP contribution is -3.12. The van der Waals surface area contributed by atoms with Crippen molar-refractivity contribution >= 4 is 23.0 Å². The number of piperidine rings is 1. The largest absolute Gasteiger partial charge is 0.467 e. The molecule has 1 saturated heterocycles. The first-order valence-corrected chi connectivity index (χ1v) is 10.1. The van der Waals surface area contributed by atoms with Gasteiger partial charge in [-0.3, -0.25) is 0 Å². The van der Waals surface area contributed by atoms with E-state index < -0.39 is 0 Å². The zero-order chi connectivity index (χ0) is 18.2. The van der Waals surface area contributed by atoms with Crippen molar-refractivity contribution in [1.29, 1.82) is 0 Å². The van der Waals surface area contributed by atoms with E-state index in [1.807, 2.05) is 24.3 Å². The Labute approximate surface area is 162 Å². The highest BCUT2D eigenvalue weighted by molar-refractivity contribution is 7.80. The Morgan fingerprint density at radius 2 is 1.96 bits per heavy atom. The molecule has 5 heteroatoms. The first-order valence-electron chi connectivity index (χ1n) is 9.70. The van der Waals surface area contributed by atoms with E-state index in [0.717, 1.165) is 29.5 Å². The number of anilines is 1. The van der Waals surface area contributed by atoms with E-state index in [4.69, 9.17) is 16.6 Å². The summed E-state index contributed by atoms with van der Waals surface area (Å²) in [5.74, 6) is 0.948. The molecule has 2 N–H and O–H groups in total. The molecule has 0 radical (unpaired) electrons. The average Bonchev–Trinajstić information content (AvgIpc) is 3.17. The van der Waals surface area contributed by atoms with E-state index >= 15 is 0 Å². The summed E-state index contributed by atoms with van der Waals surface area (Å²) in [7, 11) is 0. The normalized spacial score (nSPS) is 15.0. The fourth-order valence-electron chi connectivity index (χ4n) is 3.57. The molecule has 0 atom stereocenters. The topological polar surface area (TPSA) is 32.9 Å². The van der Waals surface area contributed by atoms with Crippen LogP contribution in [0.4, 0.5) is 5.69 Å². The number of nitrogens with one attached hydrogen (secondary N) is 2. The number of thiocarbonyl (C=S) groups is 1. The highest BCUT2D eigenvalue weighted by atomic mass is 32.1. The number of nitrogens with zero attached hydrogens (tertiary/aromatic N) is 1. The van der Waals surface area contributed by atoms with Crippen LogP contribution in [0.2, 0.25) is 0 Å². The molecule has 0 unspecified atom stereocenters. The smallest absolute Gasteiger partial charge is 0.173 e. The Hall–Kier alpha value is -1.85. The van der Waals surface area contributed by atoms with E-state index in [1.54, 1.807) is 11.2 Å². The number of hydrogen-bond acceptors (Lipinski definition) is 2. The maximum atomic E-state index is 5.73. The second-order valence-corrected chi connectivity index (χ2v) is 7.55. The molecule has 0 bridgehead atoms. The molecule has 1 fully saturated rings. The maximum absolute atomic E-state index is 5.73. The molecule has 4 nitrogen and oxygen atoms in total. The van der Waals surface area contributed by atoms with Crippen LogP contribution in [-0.2, 0) is 6.54 Å². The van der Waals surface area contributed by atoms with Gasteiger partial charge in [-0.05, 0) is 62.2 Å². The van der Waals surface area contributed by atoms with Crippen LogP contribution >= 0.6 is 12.2 Å². The van der Waals surface area contributed by atoms with Crippen LogP contribution in [0.25, 0.3) is 0 Å². The van der Waals surface area contributed by atoms with Crippen molar-refractivity contribution in [2.24, 2.45) is 0 Å². The fourth-order valence-corrected chi connectivity index (χ4v) is 3.84. The lowest BCUT2D eigenvalue weighted by atomic mass is 10.1. The SMILES string of the molecule is Cc1ccccc1NC(=S)N(CCC[NH+]1CCCCC1)Cc1ccco1. The summed E-state index contributed by atoms with van der Waals surface area (Å²) in [5, 5.41) is 4.19. The molecule has 26 heavy (non-hydrogen) atoms. The molecule has 1 aromatic heterocycles. The molecule has 1 aromatic carbocycles. The van der Waals surface area contributed by atoms with Crippen molar-refractivity contribution in [2.75, 3.05) is 31.5 Å². The average molecular weight is 373 g/mol. The minimum atomic E-state index is 0.708. The second-order valence-electron chi connectivity index (χ2n) is 7.16. The Balaban J connectivity index is 1.58. The van der Waals surface area contributed by atoms with Crippen LogP contribution < -0.4 is 10.2 Å². The van der Waals surface area contributed by atoms with E-state index in [9.17, 15) is 0 Å². The lowest BCUT2D eigenvalue weighted by molar-refractivity contribution is -0.905. The molecular formula is C21H30N3OS+. The number of rotatable bonds is 7. The van der Waals surface area contributed by atoms with Gasteiger partial charge in [0.05, 0.1) is 32.4 Å². The third-order valence-corrected chi connectivity index (χ3v) is 5.48. The number of furan rings is 1. The van der Waals surface area contributed by atoms with Crippen molar-refractivity contribution in [3.05, 3.63) is 54.0 Å². The van der Waals surface area contributed by atoms with Crippen LogP contribution in [0.5, 0.6) is 0 Å². The highest BCUT2D eigenvalue weighted by Crippen LogP contribution is 2.15. The molecule has 140 valence electrons. The van der Waals surface area contributed by atoms with Crippen molar-refractivity contribution in [3.63, 3.8) is 0 Å². The van der Waals surface area contributed by atoms with Gasteiger partial charge in [-0.15, -0.1) is 0 Å². The molecule has 0 saturated carbocycles. The zero-order valence-corrected chi connectivity index (χ0v) is 16.5. The van der Waals surface area contributed by atoms with Crippen molar-refractivity contribution < 1.29 is 9.32 Å². The standard InChI is InChI=1S/C21H29N3OS/c1-18-9-3-4-11-20(18)22-21(26)24(17-19-10-7-16-25-19)15-8-14-23-12-5-2-6-13-23/h3-4,7,9-11,16H,2,5-6,8,12-15,17H2,1H3,(H,22,26)/p+1. The van der Waals surface area contributed by atoms with Gasteiger partial charge in [0.2, 0.25) is 0 Å². The van der Waals surface area contributed by atoms with Crippen LogP contribution in [-0.4, -0.2) is 36.2 Å². The molecule has 1 aliphatic rings. The third kappa shape index (κ3) is 5.58. The quantitative estimate of drug-likeness (QED) is 0.731. The third-order valence-electron chi connectivity index (χ3n) is 5.12. The first-order chi connectivity index (χ1) is 12.7. The summed E-state index contributed by atoms with van der Waals surface area (Å²) in [6, 6.07) is 12.2. The Morgan fingerprint density at radius 3 is 2.69 bits per heavy atom. The van der Waals surface area contributed by atoms with Gasteiger partial charge in [0.25, 0.3) is 0 Å². The lowest BCUT2D eigenvalue weighted by Gasteiger charge is -2.28. The number of para-hydroxylation sites is 1. The van der Waals surface area contributed by atoms with Gasteiger partial charge in [-0.1, -0.05) is 18.2 Å². The molecule has 0 aliphatic carbocycles. The van der Waals surface area contributed by atoms with Crippen LogP contribution in [0, 0.1) is 6.92 Å². The molecule has 0 spiro atoms. The first kappa shape index (κ1) is 18.9. The molecule has 1 aliphatic heterocycles. The second kappa shape index (κ2) is 9.74. The van der Waals surface area contributed by atoms with Gasteiger partial charge in [0.15, 0.2) is 5.11 Å².